The lowest BCUT2D eigenvalue weighted by atomic mass is 10.2. The predicted molar refractivity (Wildman–Crippen MR) is 73.6 cm³/mol. The van der Waals surface area contributed by atoms with Crippen LogP contribution in [0.1, 0.15) is 18.1 Å². The van der Waals surface area contributed by atoms with E-state index in [1.807, 2.05) is 19.1 Å². The van der Waals surface area contributed by atoms with Crippen LogP contribution < -0.4 is 16.6 Å². The summed E-state index contributed by atoms with van der Waals surface area (Å²) in [4.78, 5) is 29.6. The Hall–Kier alpha value is -2.37. The number of pyridine rings is 1. The quantitative estimate of drug-likeness (QED) is 0.849. The van der Waals surface area contributed by atoms with Gasteiger partial charge in [0, 0.05) is 30.1 Å². The van der Waals surface area contributed by atoms with Crippen molar-refractivity contribution in [3.63, 3.8) is 0 Å². The molecular formula is C13H16N4O2. The van der Waals surface area contributed by atoms with Gasteiger partial charge in [0.25, 0.3) is 5.56 Å². The van der Waals surface area contributed by atoms with Crippen LogP contribution in [0.4, 0.5) is 5.82 Å². The number of hydrogen-bond acceptors (Lipinski definition) is 4. The molecule has 0 unspecified atom stereocenters. The number of hydrogen-bond donors (Lipinski definition) is 2. The fourth-order valence-corrected chi connectivity index (χ4v) is 1.81. The van der Waals surface area contributed by atoms with E-state index in [4.69, 9.17) is 0 Å². The Morgan fingerprint density at radius 2 is 2.21 bits per heavy atom. The number of H-pyrrole nitrogens is 1. The minimum Gasteiger partial charge on any atom is -0.370 e. The Labute approximate surface area is 110 Å². The topological polar surface area (TPSA) is 79.8 Å². The summed E-state index contributed by atoms with van der Waals surface area (Å²) in [6, 6.07) is 3.72. The van der Waals surface area contributed by atoms with Crippen molar-refractivity contribution in [1.82, 2.24) is 14.5 Å². The molecular weight excluding hydrogens is 244 g/mol. The van der Waals surface area contributed by atoms with Gasteiger partial charge in [-0.05, 0) is 19.9 Å². The molecule has 0 spiro atoms. The standard InChI is InChI=1S/C13H16N4O2/c1-3-14-11-10(5-4-6-15-11)8-17-7-9(2)12(18)16-13(17)19/h4-7H,3,8H2,1-2H3,(H,14,15)(H,16,18,19). The first-order valence-electron chi connectivity index (χ1n) is 6.10. The third-order valence-corrected chi connectivity index (χ3v) is 2.77. The molecule has 0 aliphatic heterocycles. The van der Waals surface area contributed by atoms with Crippen LogP contribution in [0, 0.1) is 6.92 Å². The van der Waals surface area contributed by atoms with Crippen molar-refractivity contribution in [2.75, 3.05) is 11.9 Å². The van der Waals surface area contributed by atoms with Crippen LogP contribution in [0.2, 0.25) is 0 Å². The summed E-state index contributed by atoms with van der Waals surface area (Å²) in [5.74, 6) is 0.751. The fourth-order valence-electron chi connectivity index (χ4n) is 1.81. The second-order valence-corrected chi connectivity index (χ2v) is 4.24. The third-order valence-electron chi connectivity index (χ3n) is 2.77. The maximum Gasteiger partial charge on any atom is 0.328 e. The van der Waals surface area contributed by atoms with E-state index in [1.54, 1.807) is 19.3 Å². The van der Waals surface area contributed by atoms with Crippen molar-refractivity contribution in [3.8, 4) is 0 Å². The van der Waals surface area contributed by atoms with E-state index in [2.05, 4.69) is 15.3 Å². The first-order valence-corrected chi connectivity index (χ1v) is 6.10. The zero-order valence-corrected chi connectivity index (χ0v) is 10.9. The summed E-state index contributed by atoms with van der Waals surface area (Å²) < 4.78 is 1.47. The van der Waals surface area contributed by atoms with Gasteiger partial charge in [-0.1, -0.05) is 6.07 Å². The maximum atomic E-state index is 11.7. The second kappa shape index (κ2) is 5.51. The first kappa shape index (κ1) is 13.1. The smallest absolute Gasteiger partial charge is 0.328 e. The molecule has 0 saturated carbocycles. The van der Waals surface area contributed by atoms with Gasteiger partial charge in [-0.25, -0.2) is 9.78 Å². The fraction of sp³-hybridized carbons (Fsp3) is 0.308. The highest BCUT2D eigenvalue weighted by atomic mass is 16.2. The molecule has 100 valence electrons. The van der Waals surface area contributed by atoms with Crippen molar-refractivity contribution in [2.45, 2.75) is 20.4 Å². The number of rotatable bonds is 4. The summed E-state index contributed by atoms with van der Waals surface area (Å²) in [6.07, 6.45) is 3.26. The molecule has 2 aromatic rings. The molecule has 0 bridgehead atoms. The van der Waals surface area contributed by atoms with E-state index in [0.717, 1.165) is 17.9 Å². The Kier molecular flexibility index (Phi) is 3.79. The normalized spacial score (nSPS) is 10.4. The molecule has 2 aromatic heterocycles. The molecule has 0 aromatic carbocycles. The van der Waals surface area contributed by atoms with Gasteiger partial charge in [-0.15, -0.1) is 0 Å². The highest BCUT2D eigenvalue weighted by Gasteiger charge is 2.06. The molecule has 0 aliphatic rings. The van der Waals surface area contributed by atoms with Gasteiger partial charge in [-0.2, -0.15) is 0 Å². The molecule has 6 nitrogen and oxygen atoms in total. The minimum absolute atomic E-state index is 0.348. The summed E-state index contributed by atoms with van der Waals surface area (Å²) in [6.45, 7) is 4.77. The number of nitrogens with one attached hydrogen (secondary N) is 2. The van der Waals surface area contributed by atoms with Crippen molar-refractivity contribution < 1.29 is 0 Å². The van der Waals surface area contributed by atoms with Crippen LogP contribution >= 0.6 is 0 Å². The minimum atomic E-state index is -0.415. The molecule has 0 amide bonds. The summed E-state index contributed by atoms with van der Waals surface area (Å²) in [5, 5.41) is 3.14. The van der Waals surface area contributed by atoms with E-state index in [9.17, 15) is 9.59 Å². The molecule has 0 radical (unpaired) electrons. The zero-order chi connectivity index (χ0) is 13.8. The van der Waals surface area contributed by atoms with Crippen molar-refractivity contribution in [1.29, 1.82) is 0 Å². The number of aromatic nitrogens is 3. The van der Waals surface area contributed by atoms with Crippen molar-refractivity contribution in [2.24, 2.45) is 0 Å². The number of nitrogens with zero attached hydrogens (tertiary/aromatic N) is 2. The largest absolute Gasteiger partial charge is 0.370 e. The average Bonchev–Trinajstić information content (AvgIpc) is 2.38. The molecule has 6 heteroatoms. The predicted octanol–water partition coefficient (Wildman–Crippen LogP) is 0.720. The third kappa shape index (κ3) is 2.90. The number of aromatic amines is 1. The molecule has 0 atom stereocenters. The molecule has 0 fully saturated rings. The lowest BCUT2D eigenvalue weighted by molar-refractivity contribution is 0.712. The summed E-state index contributed by atoms with van der Waals surface area (Å²) in [7, 11) is 0. The Morgan fingerprint density at radius 1 is 1.42 bits per heavy atom. The molecule has 2 heterocycles. The SMILES string of the molecule is CCNc1ncccc1Cn1cc(C)c(=O)[nH]c1=O. The van der Waals surface area contributed by atoms with Gasteiger partial charge in [0.05, 0.1) is 6.54 Å². The summed E-state index contributed by atoms with van der Waals surface area (Å²) in [5.41, 5.74) is 0.646. The second-order valence-electron chi connectivity index (χ2n) is 4.24. The van der Waals surface area contributed by atoms with Gasteiger partial charge >= 0.3 is 5.69 Å². The van der Waals surface area contributed by atoms with E-state index in [0.29, 0.717) is 12.1 Å². The van der Waals surface area contributed by atoms with Gasteiger partial charge in [-0.3, -0.25) is 14.3 Å². The highest BCUT2D eigenvalue weighted by Crippen LogP contribution is 2.11. The maximum absolute atomic E-state index is 11.7. The molecule has 0 aliphatic carbocycles. The van der Waals surface area contributed by atoms with Crippen LogP contribution in [0.3, 0.4) is 0 Å². The van der Waals surface area contributed by atoms with Crippen LogP contribution in [0.25, 0.3) is 0 Å². The van der Waals surface area contributed by atoms with Crippen molar-refractivity contribution in [3.05, 3.63) is 56.5 Å². The molecule has 0 saturated heterocycles. The van der Waals surface area contributed by atoms with Crippen LogP contribution in [0.5, 0.6) is 0 Å². The van der Waals surface area contributed by atoms with Crippen molar-refractivity contribution >= 4 is 5.82 Å². The highest BCUT2D eigenvalue weighted by molar-refractivity contribution is 5.43. The molecule has 19 heavy (non-hydrogen) atoms. The van der Waals surface area contributed by atoms with E-state index >= 15 is 0 Å². The molecule has 2 N–H and O–H groups in total. The first-order chi connectivity index (χ1) is 9.11. The van der Waals surface area contributed by atoms with E-state index < -0.39 is 5.69 Å². The van der Waals surface area contributed by atoms with Crippen LogP contribution in [-0.2, 0) is 6.54 Å². The van der Waals surface area contributed by atoms with E-state index in [-0.39, 0.29) is 5.56 Å². The van der Waals surface area contributed by atoms with Gasteiger partial charge in [0.2, 0.25) is 0 Å². The Morgan fingerprint density at radius 3 is 2.95 bits per heavy atom. The van der Waals surface area contributed by atoms with E-state index in [1.165, 1.54) is 4.57 Å². The monoisotopic (exact) mass is 260 g/mol. The lowest BCUT2D eigenvalue weighted by Crippen LogP contribution is -2.31. The van der Waals surface area contributed by atoms with Crippen LogP contribution in [0.15, 0.2) is 34.1 Å². The Balaban J connectivity index is 2.39. The van der Waals surface area contributed by atoms with Crippen LogP contribution in [-0.4, -0.2) is 21.1 Å². The lowest BCUT2D eigenvalue weighted by Gasteiger charge is -2.11. The Bertz CT molecular complexity index is 688. The number of aryl methyl sites for hydroxylation is 1. The zero-order valence-electron chi connectivity index (χ0n) is 10.9. The van der Waals surface area contributed by atoms with Gasteiger partial charge in [0.15, 0.2) is 0 Å². The van der Waals surface area contributed by atoms with Gasteiger partial charge < -0.3 is 5.32 Å². The number of anilines is 1. The molecule has 2 rings (SSSR count). The average molecular weight is 260 g/mol. The van der Waals surface area contributed by atoms with Gasteiger partial charge in [0.1, 0.15) is 5.82 Å². The summed E-state index contributed by atoms with van der Waals surface area (Å²) >= 11 is 0.